The van der Waals surface area contributed by atoms with E-state index in [-0.39, 0.29) is 17.9 Å². The first-order valence-electron chi connectivity index (χ1n) is 9.05. The Balaban J connectivity index is 1.47. The van der Waals surface area contributed by atoms with Gasteiger partial charge in [-0.05, 0) is 45.7 Å². The molecule has 2 amide bonds. The third-order valence-corrected chi connectivity index (χ3v) is 4.43. The molecule has 0 bridgehead atoms. The number of benzene rings is 1. The van der Waals surface area contributed by atoms with Crippen LogP contribution in [0.15, 0.2) is 34.7 Å². The van der Waals surface area contributed by atoms with Gasteiger partial charge in [0.2, 0.25) is 5.91 Å². The molecule has 2 aromatic rings. The second kappa shape index (κ2) is 7.40. The second-order valence-electron chi connectivity index (χ2n) is 7.71. The lowest BCUT2D eigenvalue weighted by atomic mass is 9.96. The summed E-state index contributed by atoms with van der Waals surface area (Å²) in [5.74, 6) is 0.665. The number of carbonyl (C=O) groups is 2. The Morgan fingerprint density at radius 2 is 1.92 bits per heavy atom. The number of hydrogen-bond acceptors (Lipinski definition) is 4. The van der Waals surface area contributed by atoms with Crippen molar-refractivity contribution in [2.24, 2.45) is 5.92 Å². The minimum absolute atomic E-state index is 0.00861. The number of rotatable bonds is 3. The van der Waals surface area contributed by atoms with Gasteiger partial charge in [0.1, 0.15) is 16.9 Å². The highest BCUT2D eigenvalue weighted by molar-refractivity contribution is 5.80. The van der Waals surface area contributed by atoms with Crippen LogP contribution in [0.25, 0.3) is 11.0 Å². The summed E-state index contributed by atoms with van der Waals surface area (Å²) < 4.78 is 11.1. The maximum Gasteiger partial charge on any atom is 0.410 e. The summed E-state index contributed by atoms with van der Waals surface area (Å²) in [6, 6.07) is 9.72. The molecule has 140 valence electrons. The fraction of sp³-hybridized carbons (Fsp3) is 0.500. The normalized spacial score (nSPS) is 15.9. The molecule has 1 N–H and O–H groups in total. The predicted octanol–water partition coefficient (Wildman–Crippen LogP) is 3.70. The molecule has 0 radical (unpaired) electrons. The Hall–Kier alpha value is -2.50. The quantitative estimate of drug-likeness (QED) is 0.908. The molecule has 1 aliphatic heterocycles. The highest BCUT2D eigenvalue weighted by Crippen LogP contribution is 2.21. The zero-order valence-corrected chi connectivity index (χ0v) is 15.6. The fourth-order valence-corrected chi connectivity index (χ4v) is 3.09. The van der Waals surface area contributed by atoms with E-state index < -0.39 is 5.60 Å². The lowest BCUT2D eigenvalue weighted by Gasteiger charge is -2.32. The van der Waals surface area contributed by atoms with Crippen LogP contribution in [0.5, 0.6) is 0 Å². The van der Waals surface area contributed by atoms with Crippen LogP contribution in [0.1, 0.15) is 39.4 Å². The minimum atomic E-state index is -0.502. The minimum Gasteiger partial charge on any atom is -0.459 e. The van der Waals surface area contributed by atoms with Crippen molar-refractivity contribution in [3.63, 3.8) is 0 Å². The van der Waals surface area contributed by atoms with Crippen molar-refractivity contribution in [2.45, 2.75) is 45.8 Å². The number of ether oxygens (including phenoxy) is 1. The molecular formula is C20H26N2O4. The molecular weight excluding hydrogens is 332 g/mol. The van der Waals surface area contributed by atoms with Gasteiger partial charge in [-0.1, -0.05) is 18.2 Å². The molecule has 1 aliphatic rings. The maximum atomic E-state index is 12.4. The van der Waals surface area contributed by atoms with Crippen LogP contribution in [-0.4, -0.2) is 35.6 Å². The van der Waals surface area contributed by atoms with Gasteiger partial charge in [-0.2, -0.15) is 0 Å². The molecule has 0 spiro atoms. The number of hydrogen-bond donors (Lipinski definition) is 1. The van der Waals surface area contributed by atoms with Crippen molar-refractivity contribution in [3.05, 3.63) is 36.1 Å². The molecule has 26 heavy (non-hydrogen) atoms. The number of furan rings is 1. The number of likely N-dealkylation sites (tertiary alicyclic amines) is 1. The van der Waals surface area contributed by atoms with Crippen LogP contribution < -0.4 is 5.32 Å². The van der Waals surface area contributed by atoms with E-state index >= 15 is 0 Å². The number of fused-ring (bicyclic) bond motifs is 1. The van der Waals surface area contributed by atoms with Gasteiger partial charge < -0.3 is 19.4 Å². The zero-order valence-electron chi connectivity index (χ0n) is 15.6. The highest BCUT2D eigenvalue weighted by Gasteiger charge is 2.29. The monoisotopic (exact) mass is 358 g/mol. The third kappa shape index (κ3) is 4.56. The van der Waals surface area contributed by atoms with Gasteiger partial charge in [-0.3, -0.25) is 4.79 Å². The molecule has 1 aromatic carbocycles. The number of amides is 2. The van der Waals surface area contributed by atoms with Crippen LogP contribution in [0.3, 0.4) is 0 Å². The number of nitrogens with one attached hydrogen (secondary N) is 1. The van der Waals surface area contributed by atoms with Crippen LogP contribution in [0.4, 0.5) is 4.79 Å². The van der Waals surface area contributed by atoms with Crippen LogP contribution in [0.2, 0.25) is 0 Å². The summed E-state index contributed by atoms with van der Waals surface area (Å²) in [6.45, 7) is 7.00. The van der Waals surface area contributed by atoms with E-state index in [0.717, 1.165) is 16.7 Å². The van der Waals surface area contributed by atoms with Gasteiger partial charge in [0.25, 0.3) is 0 Å². The molecule has 6 heteroatoms. The standard InChI is InChI=1S/C20H26N2O4/c1-20(2,3)26-19(24)22-10-8-14(9-11-22)18(23)21-13-16-12-15-6-4-5-7-17(15)25-16/h4-7,12,14H,8-11,13H2,1-3H3,(H,21,23). The van der Waals surface area contributed by atoms with Gasteiger partial charge in [0.15, 0.2) is 0 Å². The predicted molar refractivity (Wildman–Crippen MR) is 98.6 cm³/mol. The lowest BCUT2D eigenvalue weighted by Crippen LogP contribution is -2.44. The van der Waals surface area contributed by atoms with E-state index in [4.69, 9.17) is 9.15 Å². The number of piperidine rings is 1. The Bertz CT molecular complexity index is 749. The molecule has 1 saturated heterocycles. The Morgan fingerprint density at radius 1 is 1.23 bits per heavy atom. The van der Waals surface area contributed by atoms with Crippen molar-refractivity contribution in [3.8, 4) is 0 Å². The topological polar surface area (TPSA) is 71.8 Å². The van der Waals surface area contributed by atoms with Crippen molar-refractivity contribution >= 4 is 23.0 Å². The van der Waals surface area contributed by atoms with Crippen molar-refractivity contribution in [2.75, 3.05) is 13.1 Å². The third-order valence-electron chi connectivity index (χ3n) is 4.43. The molecule has 1 fully saturated rings. The Labute approximate surface area is 153 Å². The van der Waals surface area contributed by atoms with Crippen molar-refractivity contribution < 1.29 is 18.7 Å². The molecule has 0 unspecified atom stereocenters. The van der Waals surface area contributed by atoms with Gasteiger partial charge in [0, 0.05) is 24.4 Å². The van der Waals surface area contributed by atoms with E-state index in [2.05, 4.69) is 5.32 Å². The van der Waals surface area contributed by atoms with Gasteiger partial charge in [-0.15, -0.1) is 0 Å². The molecule has 2 heterocycles. The van der Waals surface area contributed by atoms with Gasteiger partial charge in [0.05, 0.1) is 6.54 Å². The first-order valence-corrected chi connectivity index (χ1v) is 9.05. The number of carbonyl (C=O) groups excluding carboxylic acids is 2. The SMILES string of the molecule is CC(C)(C)OC(=O)N1CCC(C(=O)NCc2cc3ccccc3o2)CC1. The van der Waals surface area contributed by atoms with Gasteiger partial charge in [-0.25, -0.2) is 4.79 Å². The van der Waals surface area contributed by atoms with Crippen LogP contribution >= 0.6 is 0 Å². The first-order chi connectivity index (χ1) is 12.3. The smallest absolute Gasteiger partial charge is 0.410 e. The van der Waals surface area contributed by atoms with Crippen LogP contribution in [-0.2, 0) is 16.1 Å². The molecule has 3 rings (SSSR count). The van der Waals surface area contributed by atoms with E-state index in [1.165, 1.54) is 0 Å². The largest absolute Gasteiger partial charge is 0.459 e. The average Bonchev–Trinajstić information content (AvgIpc) is 3.01. The van der Waals surface area contributed by atoms with E-state index in [9.17, 15) is 9.59 Å². The van der Waals surface area contributed by atoms with Gasteiger partial charge >= 0.3 is 6.09 Å². The fourth-order valence-electron chi connectivity index (χ4n) is 3.09. The molecule has 1 aromatic heterocycles. The summed E-state index contributed by atoms with van der Waals surface area (Å²) in [6.07, 6.45) is 0.981. The Morgan fingerprint density at radius 3 is 2.58 bits per heavy atom. The molecule has 6 nitrogen and oxygen atoms in total. The van der Waals surface area contributed by atoms with Crippen molar-refractivity contribution in [1.82, 2.24) is 10.2 Å². The van der Waals surface area contributed by atoms with Crippen molar-refractivity contribution in [1.29, 1.82) is 0 Å². The Kier molecular flexibility index (Phi) is 5.20. The number of para-hydroxylation sites is 1. The summed E-state index contributed by atoms with van der Waals surface area (Å²) in [5.41, 5.74) is 0.320. The molecule has 0 atom stereocenters. The molecule has 0 saturated carbocycles. The highest BCUT2D eigenvalue weighted by atomic mass is 16.6. The van der Waals surface area contributed by atoms with E-state index in [0.29, 0.717) is 32.5 Å². The maximum absolute atomic E-state index is 12.4. The van der Waals surface area contributed by atoms with Crippen LogP contribution in [0, 0.1) is 5.92 Å². The summed E-state index contributed by atoms with van der Waals surface area (Å²) >= 11 is 0. The second-order valence-corrected chi connectivity index (χ2v) is 7.71. The first kappa shape index (κ1) is 18.3. The summed E-state index contributed by atoms with van der Waals surface area (Å²) in [7, 11) is 0. The summed E-state index contributed by atoms with van der Waals surface area (Å²) in [5, 5.41) is 3.97. The van der Waals surface area contributed by atoms with E-state index in [1.807, 2.05) is 51.1 Å². The average molecular weight is 358 g/mol. The molecule has 0 aliphatic carbocycles. The zero-order chi connectivity index (χ0) is 18.7. The number of nitrogens with zero attached hydrogens (tertiary/aromatic N) is 1. The van der Waals surface area contributed by atoms with E-state index in [1.54, 1.807) is 4.90 Å². The summed E-state index contributed by atoms with van der Waals surface area (Å²) in [4.78, 5) is 26.2. The lowest BCUT2D eigenvalue weighted by molar-refractivity contribution is -0.126.